The van der Waals surface area contributed by atoms with Gasteiger partial charge in [0.25, 0.3) is 0 Å². The van der Waals surface area contributed by atoms with E-state index in [1.807, 2.05) is 0 Å². The maximum Gasteiger partial charge on any atom is 0.359 e. The van der Waals surface area contributed by atoms with Crippen molar-refractivity contribution in [3.63, 3.8) is 0 Å². The SMILES string of the molecule is COC(=O)c1nc(C)c(F)c(F)c1F. The van der Waals surface area contributed by atoms with E-state index < -0.39 is 34.8 Å². The first-order valence-electron chi connectivity index (χ1n) is 3.58. The zero-order valence-electron chi connectivity index (χ0n) is 7.40. The highest BCUT2D eigenvalue weighted by molar-refractivity contribution is 5.87. The van der Waals surface area contributed by atoms with Gasteiger partial charge < -0.3 is 4.74 Å². The van der Waals surface area contributed by atoms with Crippen molar-refractivity contribution in [3.8, 4) is 0 Å². The molecule has 0 atom stereocenters. The fraction of sp³-hybridized carbons (Fsp3) is 0.250. The standard InChI is InChI=1S/C8H6F3NO2/c1-3-4(9)5(10)6(11)7(12-3)8(13)14-2/h1-2H3. The molecule has 0 spiro atoms. The molecule has 0 saturated heterocycles. The summed E-state index contributed by atoms with van der Waals surface area (Å²) in [6.07, 6.45) is 0. The van der Waals surface area contributed by atoms with Gasteiger partial charge in [-0.15, -0.1) is 0 Å². The van der Waals surface area contributed by atoms with Crippen LogP contribution in [0.15, 0.2) is 0 Å². The Kier molecular flexibility index (Phi) is 2.73. The van der Waals surface area contributed by atoms with Crippen molar-refractivity contribution in [2.75, 3.05) is 7.11 Å². The third-order valence-electron chi connectivity index (χ3n) is 1.57. The maximum atomic E-state index is 12.9. The Morgan fingerprint density at radius 3 is 2.29 bits per heavy atom. The van der Waals surface area contributed by atoms with E-state index in [4.69, 9.17) is 0 Å². The van der Waals surface area contributed by atoms with E-state index in [2.05, 4.69) is 9.72 Å². The summed E-state index contributed by atoms with van der Waals surface area (Å²) in [6.45, 7) is 1.12. The second-order valence-corrected chi connectivity index (χ2v) is 2.48. The molecule has 0 N–H and O–H groups in total. The molecule has 0 aromatic carbocycles. The normalized spacial score (nSPS) is 10.1. The van der Waals surface area contributed by atoms with Crippen LogP contribution in [-0.4, -0.2) is 18.1 Å². The van der Waals surface area contributed by atoms with Crippen LogP contribution in [0.1, 0.15) is 16.2 Å². The van der Waals surface area contributed by atoms with Crippen molar-refractivity contribution < 1.29 is 22.7 Å². The molecular formula is C8H6F3NO2. The monoisotopic (exact) mass is 205 g/mol. The summed E-state index contributed by atoms with van der Waals surface area (Å²) in [5, 5.41) is 0. The van der Waals surface area contributed by atoms with Crippen LogP contribution in [0.2, 0.25) is 0 Å². The lowest BCUT2D eigenvalue weighted by Crippen LogP contribution is -2.12. The molecule has 0 aliphatic rings. The first kappa shape index (κ1) is 10.5. The maximum absolute atomic E-state index is 12.9. The number of ether oxygens (including phenoxy) is 1. The molecule has 1 rings (SSSR count). The van der Waals surface area contributed by atoms with E-state index in [-0.39, 0.29) is 0 Å². The molecule has 1 aromatic heterocycles. The van der Waals surface area contributed by atoms with Crippen molar-refractivity contribution >= 4 is 5.97 Å². The summed E-state index contributed by atoms with van der Waals surface area (Å²) in [5.41, 5.74) is -1.26. The Morgan fingerprint density at radius 1 is 1.21 bits per heavy atom. The Balaban J connectivity index is 3.40. The first-order chi connectivity index (χ1) is 6.49. The van der Waals surface area contributed by atoms with Crippen molar-refractivity contribution in [3.05, 3.63) is 28.8 Å². The van der Waals surface area contributed by atoms with Gasteiger partial charge in [-0.2, -0.15) is 0 Å². The molecule has 0 unspecified atom stereocenters. The van der Waals surface area contributed by atoms with Crippen LogP contribution in [0.25, 0.3) is 0 Å². The molecule has 0 radical (unpaired) electrons. The molecule has 14 heavy (non-hydrogen) atoms. The van der Waals surface area contributed by atoms with Crippen LogP contribution < -0.4 is 0 Å². The minimum atomic E-state index is -1.72. The van der Waals surface area contributed by atoms with Gasteiger partial charge in [-0.05, 0) is 6.92 Å². The van der Waals surface area contributed by atoms with Gasteiger partial charge in [0.1, 0.15) is 0 Å². The van der Waals surface area contributed by atoms with Crippen LogP contribution in [-0.2, 0) is 4.74 Å². The molecule has 0 fully saturated rings. The number of carbonyl (C=O) groups is 1. The molecule has 3 nitrogen and oxygen atoms in total. The van der Waals surface area contributed by atoms with Crippen molar-refractivity contribution in [2.24, 2.45) is 0 Å². The predicted molar refractivity (Wildman–Crippen MR) is 40.2 cm³/mol. The van der Waals surface area contributed by atoms with E-state index in [1.54, 1.807) is 0 Å². The highest BCUT2D eigenvalue weighted by atomic mass is 19.2. The van der Waals surface area contributed by atoms with Gasteiger partial charge in [-0.3, -0.25) is 0 Å². The van der Waals surface area contributed by atoms with Crippen LogP contribution in [0.3, 0.4) is 0 Å². The molecule has 0 amide bonds. The Bertz CT molecular complexity index is 393. The van der Waals surface area contributed by atoms with Crippen molar-refractivity contribution in [1.29, 1.82) is 0 Å². The topological polar surface area (TPSA) is 39.2 Å². The minimum Gasteiger partial charge on any atom is -0.464 e. The van der Waals surface area contributed by atoms with E-state index in [9.17, 15) is 18.0 Å². The lowest BCUT2D eigenvalue weighted by atomic mass is 10.2. The second-order valence-electron chi connectivity index (χ2n) is 2.48. The number of halogens is 3. The fourth-order valence-corrected chi connectivity index (χ4v) is 0.857. The van der Waals surface area contributed by atoms with E-state index in [1.165, 1.54) is 0 Å². The number of hydrogen-bond donors (Lipinski definition) is 0. The number of aryl methyl sites for hydroxylation is 1. The van der Waals surface area contributed by atoms with E-state index >= 15 is 0 Å². The molecule has 0 bridgehead atoms. The number of nitrogens with zero attached hydrogens (tertiary/aromatic N) is 1. The second kappa shape index (κ2) is 3.65. The number of methoxy groups -OCH3 is 1. The lowest BCUT2D eigenvalue weighted by Gasteiger charge is -2.03. The molecule has 0 aliphatic heterocycles. The molecule has 0 aliphatic carbocycles. The molecule has 76 valence electrons. The van der Waals surface area contributed by atoms with Gasteiger partial charge in [0.2, 0.25) is 0 Å². The van der Waals surface area contributed by atoms with Gasteiger partial charge in [0.05, 0.1) is 12.8 Å². The average molecular weight is 205 g/mol. The third kappa shape index (κ3) is 1.55. The summed E-state index contributed by atoms with van der Waals surface area (Å²) in [5.74, 6) is -5.92. The Hall–Kier alpha value is -1.59. The predicted octanol–water partition coefficient (Wildman–Crippen LogP) is 1.59. The number of aromatic nitrogens is 1. The third-order valence-corrected chi connectivity index (χ3v) is 1.57. The van der Waals surface area contributed by atoms with E-state index in [0.717, 1.165) is 14.0 Å². The smallest absolute Gasteiger partial charge is 0.359 e. The molecule has 1 aromatic rings. The molecule has 0 saturated carbocycles. The summed E-state index contributed by atoms with van der Waals surface area (Å²) in [4.78, 5) is 14.1. The molecular weight excluding hydrogens is 199 g/mol. The summed E-state index contributed by atoms with van der Waals surface area (Å²) in [7, 11) is 0.986. The van der Waals surface area contributed by atoms with Crippen LogP contribution in [0, 0.1) is 24.4 Å². The summed E-state index contributed by atoms with van der Waals surface area (Å²) in [6, 6.07) is 0. The highest BCUT2D eigenvalue weighted by Gasteiger charge is 2.23. The zero-order valence-corrected chi connectivity index (χ0v) is 7.40. The van der Waals surface area contributed by atoms with Crippen LogP contribution in [0.5, 0.6) is 0 Å². The summed E-state index contributed by atoms with van der Waals surface area (Å²) >= 11 is 0. The van der Waals surface area contributed by atoms with Gasteiger partial charge in [0, 0.05) is 0 Å². The number of esters is 1. The number of hydrogen-bond acceptors (Lipinski definition) is 3. The number of pyridine rings is 1. The summed E-state index contributed by atoms with van der Waals surface area (Å²) < 4.78 is 42.5. The number of carbonyl (C=O) groups excluding carboxylic acids is 1. The Labute approximate surface area is 77.5 Å². The average Bonchev–Trinajstić information content (AvgIpc) is 2.19. The minimum absolute atomic E-state index is 0.399. The zero-order chi connectivity index (χ0) is 10.9. The van der Waals surface area contributed by atoms with Gasteiger partial charge in [-0.1, -0.05) is 0 Å². The highest BCUT2D eigenvalue weighted by Crippen LogP contribution is 2.16. The molecule has 6 heteroatoms. The Morgan fingerprint density at radius 2 is 1.79 bits per heavy atom. The largest absolute Gasteiger partial charge is 0.464 e. The van der Waals surface area contributed by atoms with Gasteiger partial charge in [0.15, 0.2) is 23.1 Å². The van der Waals surface area contributed by atoms with Crippen LogP contribution in [0.4, 0.5) is 13.2 Å². The fourth-order valence-electron chi connectivity index (χ4n) is 0.857. The first-order valence-corrected chi connectivity index (χ1v) is 3.58. The van der Waals surface area contributed by atoms with Gasteiger partial charge >= 0.3 is 5.97 Å². The van der Waals surface area contributed by atoms with E-state index in [0.29, 0.717) is 0 Å². The van der Waals surface area contributed by atoms with Crippen molar-refractivity contribution in [1.82, 2.24) is 4.98 Å². The lowest BCUT2D eigenvalue weighted by molar-refractivity contribution is 0.0586. The van der Waals surface area contributed by atoms with Crippen molar-refractivity contribution in [2.45, 2.75) is 6.92 Å². The molecule has 1 heterocycles. The van der Waals surface area contributed by atoms with Crippen LogP contribution >= 0.6 is 0 Å². The number of rotatable bonds is 1. The van der Waals surface area contributed by atoms with Gasteiger partial charge in [-0.25, -0.2) is 22.9 Å². The quantitative estimate of drug-likeness (QED) is 0.653.